The predicted octanol–water partition coefficient (Wildman–Crippen LogP) is -0.0635. The molecule has 0 aliphatic heterocycles. The molecule has 21 heavy (non-hydrogen) atoms. The largest absolute Gasteiger partial charge is 0.481 e. The molecule has 0 aromatic rings. The van der Waals surface area contributed by atoms with Gasteiger partial charge in [-0.1, -0.05) is 21.6 Å². The first kappa shape index (κ1) is 19.6. The van der Waals surface area contributed by atoms with Crippen molar-refractivity contribution in [3.05, 3.63) is 0 Å². The van der Waals surface area contributed by atoms with Crippen LogP contribution >= 0.6 is 21.6 Å². The van der Waals surface area contributed by atoms with E-state index in [0.29, 0.717) is 0 Å². The Labute approximate surface area is 129 Å². The predicted molar refractivity (Wildman–Crippen MR) is 80.0 cm³/mol. The fraction of sp³-hybridized carbons (Fsp3) is 0.636. The van der Waals surface area contributed by atoms with E-state index in [1.165, 1.54) is 0 Å². The topological polar surface area (TPSA) is 133 Å². The highest BCUT2D eigenvalue weighted by molar-refractivity contribution is 8.77. The van der Waals surface area contributed by atoms with Crippen LogP contribution in [0.5, 0.6) is 0 Å². The maximum atomic E-state index is 11.6. The summed E-state index contributed by atoms with van der Waals surface area (Å²) < 4.78 is 0. The highest BCUT2D eigenvalue weighted by Crippen LogP contribution is 2.31. The van der Waals surface area contributed by atoms with Gasteiger partial charge in [-0.15, -0.1) is 0 Å². The third-order valence-corrected chi connectivity index (χ3v) is 5.32. The van der Waals surface area contributed by atoms with E-state index in [1.807, 2.05) is 0 Å². The second-order valence-electron chi connectivity index (χ2n) is 4.02. The van der Waals surface area contributed by atoms with Gasteiger partial charge in [-0.05, 0) is 13.8 Å². The van der Waals surface area contributed by atoms with Crippen LogP contribution in [0.15, 0.2) is 0 Å². The van der Waals surface area contributed by atoms with Gasteiger partial charge in [0.1, 0.15) is 6.54 Å². The Morgan fingerprint density at radius 2 is 1.38 bits per heavy atom. The molecule has 0 saturated heterocycles. The number of aliphatic carboxylic acids is 2. The number of hydrogen-bond donors (Lipinski definition) is 4. The van der Waals surface area contributed by atoms with Crippen LogP contribution in [0.3, 0.4) is 0 Å². The highest BCUT2D eigenvalue weighted by atomic mass is 33.1. The van der Waals surface area contributed by atoms with Crippen LogP contribution < -0.4 is 10.6 Å². The summed E-state index contributed by atoms with van der Waals surface area (Å²) in [6.45, 7) is 2.84. The molecule has 0 aliphatic rings. The molecule has 4 N–H and O–H groups in total. The minimum Gasteiger partial charge on any atom is -0.481 e. The van der Waals surface area contributed by atoms with Gasteiger partial charge < -0.3 is 20.8 Å². The van der Waals surface area contributed by atoms with Gasteiger partial charge in [0.05, 0.1) is 16.9 Å². The van der Waals surface area contributed by atoms with E-state index < -0.39 is 34.9 Å². The average molecular weight is 338 g/mol. The Kier molecular flexibility index (Phi) is 9.63. The number of nitrogens with one attached hydrogen (secondary N) is 2. The summed E-state index contributed by atoms with van der Waals surface area (Å²) in [6, 6.07) is 0. The van der Waals surface area contributed by atoms with Gasteiger partial charge in [-0.3, -0.25) is 19.2 Å². The maximum absolute atomic E-state index is 11.6. The second-order valence-corrected chi connectivity index (χ2v) is 6.98. The van der Waals surface area contributed by atoms with Crippen LogP contribution in [0.1, 0.15) is 20.3 Å². The lowest BCUT2D eigenvalue weighted by molar-refractivity contribution is -0.138. The maximum Gasteiger partial charge on any atom is 0.322 e. The summed E-state index contributed by atoms with van der Waals surface area (Å²) in [5.41, 5.74) is 0. The van der Waals surface area contributed by atoms with Gasteiger partial charge in [0.2, 0.25) is 11.8 Å². The molecule has 2 amide bonds. The molecule has 2 atom stereocenters. The lowest BCUT2D eigenvalue weighted by atomic mass is 10.4. The van der Waals surface area contributed by atoms with Crippen LogP contribution in [0.4, 0.5) is 0 Å². The average Bonchev–Trinajstić information content (AvgIpc) is 2.40. The summed E-state index contributed by atoms with van der Waals surface area (Å²) in [6.07, 6.45) is -0.149. The third-order valence-electron chi connectivity index (χ3n) is 2.13. The van der Waals surface area contributed by atoms with Crippen LogP contribution in [-0.4, -0.2) is 57.6 Å². The zero-order valence-electron chi connectivity index (χ0n) is 11.6. The van der Waals surface area contributed by atoms with Gasteiger partial charge in [0.15, 0.2) is 0 Å². The van der Waals surface area contributed by atoms with Crippen molar-refractivity contribution in [2.45, 2.75) is 30.8 Å². The molecule has 0 aromatic carbocycles. The van der Waals surface area contributed by atoms with Gasteiger partial charge >= 0.3 is 11.9 Å². The molecule has 0 heterocycles. The fourth-order valence-electron chi connectivity index (χ4n) is 0.997. The highest BCUT2D eigenvalue weighted by Gasteiger charge is 2.19. The van der Waals surface area contributed by atoms with Gasteiger partial charge in [0.25, 0.3) is 0 Å². The Bertz CT molecular complexity index is 404. The fourth-order valence-corrected chi connectivity index (χ4v) is 3.20. The second kappa shape index (κ2) is 10.3. The number of rotatable bonds is 10. The van der Waals surface area contributed by atoms with E-state index in [2.05, 4.69) is 10.6 Å². The first-order valence-electron chi connectivity index (χ1n) is 6.05. The van der Waals surface area contributed by atoms with E-state index >= 15 is 0 Å². The first-order valence-corrected chi connectivity index (χ1v) is 8.32. The van der Waals surface area contributed by atoms with E-state index in [1.54, 1.807) is 13.8 Å². The number of hydrogen-bond acceptors (Lipinski definition) is 6. The summed E-state index contributed by atoms with van der Waals surface area (Å²) in [5.74, 6) is -2.85. The molecule has 120 valence electrons. The number of amides is 2. The monoisotopic (exact) mass is 338 g/mol. The van der Waals surface area contributed by atoms with Crippen molar-refractivity contribution in [3.63, 3.8) is 0 Å². The normalized spacial score (nSPS) is 13.0. The lowest BCUT2D eigenvalue weighted by Gasteiger charge is -2.14. The van der Waals surface area contributed by atoms with Crippen molar-refractivity contribution >= 4 is 45.3 Å². The van der Waals surface area contributed by atoms with Crippen molar-refractivity contribution in [2.24, 2.45) is 0 Å². The standard InChI is InChI=1S/C11H18N2O6S2/c1-6(10(18)12-4-3-8(14)15)20-21-7(2)11(19)13-5-9(16)17/h6-7H,3-5H2,1-2H3,(H,12,18)(H,13,19)(H,14,15)(H,16,17). The number of carbonyl (C=O) groups excluding carboxylic acids is 2. The molecule has 0 saturated carbocycles. The van der Waals surface area contributed by atoms with Crippen molar-refractivity contribution in [1.29, 1.82) is 0 Å². The summed E-state index contributed by atoms with van der Waals surface area (Å²) >= 11 is 0. The van der Waals surface area contributed by atoms with Crippen LogP contribution in [0.25, 0.3) is 0 Å². The van der Waals surface area contributed by atoms with Crippen molar-refractivity contribution in [3.8, 4) is 0 Å². The van der Waals surface area contributed by atoms with Crippen molar-refractivity contribution in [1.82, 2.24) is 10.6 Å². The van der Waals surface area contributed by atoms with Crippen LogP contribution in [-0.2, 0) is 19.2 Å². The van der Waals surface area contributed by atoms with Crippen LogP contribution in [0, 0.1) is 0 Å². The summed E-state index contributed by atoms with van der Waals surface area (Å²) in [5, 5.41) is 20.6. The minimum atomic E-state index is -1.13. The molecule has 0 spiro atoms. The van der Waals surface area contributed by atoms with Crippen molar-refractivity contribution < 1.29 is 29.4 Å². The molecule has 10 heteroatoms. The van der Waals surface area contributed by atoms with E-state index in [-0.39, 0.29) is 18.9 Å². The SMILES string of the molecule is CC(SSC(C)C(=O)NCC(=O)O)C(=O)NCCC(=O)O. The smallest absolute Gasteiger partial charge is 0.322 e. The molecular formula is C11H18N2O6S2. The molecule has 0 radical (unpaired) electrons. The number of carboxylic acids is 2. The molecule has 0 aromatic heterocycles. The zero-order chi connectivity index (χ0) is 16.4. The molecule has 0 bridgehead atoms. The van der Waals surface area contributed by atoms with E-state index in [0.717, 1.165) is 21.6 Å². The van der Waals surface area contributed by atoms with E-state index in [4.69, 9.17) is 10.2 Å². The summed E-state index contributed by atoms with van der Waals surface area (Å²) in [4.78, 5) is 43.7. The number of carboxylic acid groups (broad SMARTS) is 2. The first-order chi connectivity index (χ1) is 9.73. The molecule has 0 fully saturated rings. The zero-order valence-corrected chi connectivity index (χ0v) is 13.3. The molecular weight excluding hydrogens is 320 g/mol. The van der Waals surface area contributed by atoms with Gasteiger partial charge in [-0.25, -0.2) is 0 Å². The van der Waals surface area contributed by atoms with E-state index in [9.17, 15) is 19.2 Å². The quantitative estimate of drug-likeness (QED) is 0.407. The Balaban J connectivity index is 3.96. The Morgan fingerprint density at radius 3 is 1.81 bits per heavy atom. The molecule has 2 unspecified atom stereocenters. The lowest BCUT2D eigenvalue weighted by Crippen LogP contribution is -2.35. The third kappa shape index (κ3) is 10.0. The summed E-state index contributed by atoms with van der Waals surface area (Å²) in [7, 11) is 2.31. The van der Waals surface area contributed by atoms with Crippen molar-refractivity contribution in [2.75, 3.05) is 13.1 Å². The minimum absolute atomic E-state index is 0.0540. The molecule has 0 rings (SSSR count). The molecule has 0 aliphatic carbocycles. The van der Waals surface area contributed by atoms with Gasteiger partial charge in [0, 0.05) is 6.54 Å². The Morgan fingerprint density at radius 1 is 0.905 bits per heavy atom. The Hall–Kier alpha value is -1.42. The van der Waals surface area contributed by atoms with Crippen LogP contribution in [0.2, 0.25) is 0 Å². The van der Waals surface area contributed by atoms with Gasteiger partial charge in [-0.2, -0.15) is 0 Å². The molecule has 8 nitrogen and oxygen atoms in total. The number of carbonyl (C=O) groups is 4.